The van der Waals surface area contributed by atoms with E-state index >= 15 is 0 Å². The molecule has 0 N–H and O–H groups in total. The lowest BCUT2D eigenvalue weighted by Gasteiger charge is -2.12. The lowest BCUT2D eigenvalue weighted by Crippen LogP contribution is -1.98. The zero-order valence-electron chi connectivity index (χ0n) is 11.0. The Kier molecular flexibility index (Phi) is 4.35. The zero-order chi connectivity index (χ0) is 12.8. The quantitative estimate of drug-likeness (QED) is 0.793. The minimum atomic E-state index is 0.540. The van der Waals surface area contributed by atoms with E-state index in [9.17, 15) is 0 Å². The molecule has 0 unspecified atom stereocenters. The van der Waals surface area contributed by atoms with Gasteiger partial charge in [0.25, 0.3) is 0 Å². The first kappa shape index (κ1) is 12.6. The second-order valence-corrected chi connectivity index (χ2v) is 4.53. The number of pyridine rings is 1. The van der Waals surface area contributed by atoms with Crippen LogP contribution < -0.4 is 4.74 Å². The molecule has 2 aromatic rings. The van der Waals surface area contributed by atoms with E-state index in [0.29, 0.717) is 5.92 Å². The molecule has 0 saturated heterocycles. The predicted molar refractivity (Wildman–Crippen MR) is 74.0 cm³/mol. The van der Waals surface area contributed by atoms with Crippen LogP contribution >= 0.6 is 0 Å². The fourth-order valence-electron chi connectivity index (χ4n) is 2.01. The highest BCUT2D eigenvalue weighted by Gasteiger charge is 2.06. The molecule has 0 bridgehead atoms. The van der Waals surface area contributed by atoms with E-state index in [1.54, 1.807) is 7.11 Å². The Morgan fingerprint density at radius 1 is 1.11 bits per heavy atom. The minimum Gasteiger partial charge on any atom is -0.497 e. The zero-order valence-corrected chi connectivity index (χ0v) is 11.0. The number of benzene rings is 1. The first-order valence-electron chi connectivity index (χ1n) is 6.33. The summed E-state index contributed by atoms with van der Waals surface area (Å²) in [5.74, 6) is 1.45. The molecule has 2 heteroatoms. The maximum absolute atomic E-state index is 5.17. The summed E-state index contributed by atoms with van der Waals surface area (Å²) in [6.45, 7) is 2.25. The van der Waals surface area contributed by atoms with Gasteiger partial charge in [-0.15, -0.1) is 0 Å². The van der Waals surface area contributed by atoms with Crippen LogP contribution in [0.15, 0.2) is 48.7 Å². The van der Waals surface area contributed by atoms with E-state index in [1.165, 1.54) is 5.56 Å². The third kappa shape index (κ3) is 3.33. The van der Waals surface area contributed by atoms with Crippen molar-refractivity contribution in [3.05, 3.63) is 59.9 Å². The van der Waals surface area contributed by atoms with Crippen molar-refractivity contribution in [3.63, 3.8) is 0 Å². The topological polar surface area (TPSA) is 22.1 Å². The number of methoxy groups -OCH3 is 1. The Balaban J connectivity index is 1.93. The van der Waals surface area contributed by atoms with Crippen molar-refractivity contribution in [1.82, 2.24) is 4.98 Å². The van der Waals surface area contributed by atoms with Crippen LogP contribution in [0.3, 0.4) is 0 Å². The van der Waals surface area contributed by atoms with Crippen molar-refractivity contribution < 1.29 is 4.74 Å². The highest BCUT2D eigenvalue weighted by Crippen LogP contribution is 2.22. The molecule has 0 saturated carbocycles. The molecular formula is C16H19NO. The summed E-state index contributed by atoms with van der Waals surface area (Å²) in [6, 6.07) is 14.4. The van der Waals surface area contributed by atoms with Gasteiger partial charge in [0.15, 0.2) is 0 Å². The molecule has 0 spiro atoms. The van der Waals surface area contributed by atoms with Gasteiger partial charge in [0, 0.05) is 11.9 Å². The molecule has 0 aliphatic heterocycles. The summed E-state index contributed by atoms with van der Waals surface area (Å²) < 4.78 is 5.17. The van der Waals surface area contributed by atoms with Crippen molar-refractivity contribution in [2.24, 2.45) is 0 Å². The van der Waals surface area contributed by atoms with E-state index in [4.69, 9.17) is 4.74 Å². The van der Waals surface area contributed by atoms with Gasteiger partial charge in [-0.1, -0.05) is 25.1 Å². The van der Waals surface area contributed by atoms with E-state index in [-0.39, 0.29) is 0 Å². The summed E-state index contributed by atoms with van der Waals surface area (Å²) >= 11 is 0. The maximum atomic E-state index is 5.17. The average molecular weight is 241 g/mol. The molecule has 0 amide bonds. The second-order valence-electron chi connectivity index (χ2n) is 4.53. The van der Waals surface area contributed by atoms with Crippen LogP contribution in [-0.4, -0.2) is 12.1 Å². The normalized spacial score (nSPS) is 12.1. The Hall–Kier alpha value is -1.83. The molecule has 1 aromatic heterocycles. The molecule has 0 aliphatic carbocycles. The van der Waals surface area contributed by atoms with Crippen LogP contribution in [0.4, 0.5) is 0 Å². The van der Waals surface area contributed by atoms with Gasteiger partial charge in [0.2, 0.25) is 0 Å². The SMILES string of the molecule is COc1ccc([C@H](C)CCc2ccccn2)cc1. The molecule has 0 radical (unpaired) electrons. The third-order valence-electron chi connectivity index (χ3n) is 3.24. The number of aromatic nitrogens is 1. The average Bonchev–Trinajstić information content (AvgIpc) is 2.46. The molecule has 0 aliphatic rings. The smallest absolute Gasteiger partial charge is 0.118 e. The van der Waals surface area contributed by atoms with Crippen molar-refractivity contribution in [2.45, 2.75) is 25.7 Å². The third-order valence-corrected chi connectivity index (χ3v) is 3.24. The van der Waals surface area contributed by atoms with Crippen LogP contribution in [0.5, 0.6) is 5.75 Å². The van der Waals surface area contributed by atoms with E-state index in [2.05, 4.69) is 30.1 Å². The Morgan fingerprint density at radius 3 is 2.50 bits per heavy atom. The molecule has 1 heterocycles. The van der Waals surface area contributed by atoms with Gasteiger partial charge < -0.3 is 4.74 Å². The Morgan fingerprint density at radius 2 is 1.89 bits per heavy atom. The van der Waals surface area contributed by atoms with Crippen molar-refractivity contribution >= 4 is 0 Å². The molecular weight excluding hydrogens is 222 g/mol. The minimum absolute atomic E-state index is 0.540. The molecule has 0 fully saturated rings. The number of aryl methyl sites for hydroxylation is 1. The monoisotopic (exact) mass is 241 g/mol. The van der Waals surface area contributed by atoms with E-state index in [1.807, 2.05) is 30.5 Å². The van der Waals surface area contributed by atoms with Gasteiger partial charge in [-0.25, -0.2) is 0 Å². The maximum Gasteiger partial charge on any atom is 0.118 e. The first-order valence-corrected chi connectivity index (χ1v) is 6.33. The van der Waals surface area contributed by atoms with Crippen LogP contribution in [0, 0.1) is 0 Å². The first-order chi connectivity index (χ1) is 8.79. The molecule has 2 rings (SSSR count). The second kappa shape index (κ2) is 6.20. The van der Waals surface area contributed by atoms with Gasteiger partial charge in [0.05, 0.1) is 7.11 Å². The van der Waals surface area contributed by atoms with Gasteiger partial charge in [-0.05, 0) is 48.6 Å². The number of rotatable bonds is 5. The predicted octanol–water partition coefficient (Wildman–Crippen LogP) is 3.83. The van der Waals surface area contributed by atoms with Crippen LogP contribution in [0.25, 0.3) is 0 Å². The molecule has 94 valence electrons. The van der Waals surface area contributed by atoms with Crippen molar-refractivity contribution in [2.75, 3.05) is 7.11 Å². The fourth-order valence-corrected chi connectivity index (χ4v) is 2.01. The highest BCUT2D eigenvalue weighted by molar-refractivity contribution is 5.29. The van der Waals surface area contributed by atoms with Crippen LogP contribution in [0.2, 0.25) is 0 Å². The summed E-state index contributed by atoms with van der Waals surface area (Å²) in [4.78, 5) is 4.35. The fraction of sp³-hybridized carbons (Fsp3) is 0.312. The largest absolute Gasteiger partial charge is 0.497 e. The highest BCUT2D eigenvalue weighted by atomic mass is 16.5. The van der Waals surface area contributed by atoms with Crippen molar-refractivity contribution in [1.29, 1.82) is 0 Å². The van der Waals surface area contributed by atoms with Gasteiger partial charge in [0.1, 0.15) is 5.75 Å². The van der Waals surface area contributed by atoms with Crippen LogP contribution in [0.1, 0.15) is 30.5 Å². The van der Waals surface area contributed by atoms with E-state index in [0.717, 1.165) is 24.3 Å². The lowest BCUT2D eigenvalue weighted by molar-refractivity contribution is 0.414. The standard InChI is InChI=1S/C16H19NO/c1-13(6-9-15-5-3-4-12-17-15)14-7-10-16(18-2)11-8-14/h3-5,7-8,10-13H,6,9H2,1-2H3/t13-/m1/s1. The molecule has 1 atom stereocenters. The number of nitrogens with zero attached hydrogens (tertiary/aromatic N) is 1. The van der Waals surface area contributed by atoms with Gasteiger partial charge in [-0.2, -0.15) is 0 Å². The number of ether oxygens (including phenoxy) is 1. The van der Waals surface area contributed by atoms with E-state index < -0.39 is 0 Å². The van der Waals surface area contributed by atoms with Crippen LogP contribution in [-0.2, 0) is 6.42 Å². The number of hydrogen-bond donors (Lipinski definition) is 0. The van der Waals surface area contributed by atoms with Gasteiger partial charge >= 0.3 is 0 Å². The summed E-state index contributed by atoms with van der Waals surface area (Å²) in [6.07, 6.45) is 3.99. The summed E-state index contributed by atoms with van der Waals surface area (Å²) in [5.41, 5.74) is 2.52. The van der Waals surface area contributed by atoms with Crippen molar-refractivity contribution in [3.8, 4) is 5.75 Å². The molecule has 1 aromatic carbocycles. The molecule has 18 heavy (non-hydrogen) atoms. The number of hydrogen-bond acceptors (Lipinski definition) is 2. The summed E-state index contributed by atoms with van der Waals surface area (Å²) in [5, 5.41) is 0. The lowest BCUT2D eigenvalue weighted by atomic mass is 9.95. The Bertz CT molecular complexity index is 464. The van der Waals surface area contributed by atoms with Gasteiger partial charge in [-0.3, -0.25) is 4.98 Å². The summed E-state index contributed by atoms with van der Waals surface area (Å²) in [7, 11) is 1.69. The molecule has 2 nitrogen and oxygen atoms in total. The Labute approximate surface area is 109 Å².